The van der Waals surface area contributed by atoms with E-state index in [2.05, 4.69) is 41.1 Å². The third-order valence-electron chi connectivity index (χ3n) is 2.77. The van der Waals surface area contributed by atoms with Crippen LogP contribution in [0, 0.1) is 0 Å². The van der Waals surface area contributed by atoms with Gasteiger partial charge in [-0.25, -0.2) is 0 Å². The first-order valence-corrected chi connectivity index (χ1v) is 6.26. The normalized spacial score (nSPS) is 9.89. The number of nitrogen functional groups attached to an aromatic ring is 1. The Morgan fingerprint density at radius 2 is 1.50 bits per heavy atom. The number of hydrogen-bond acceptors (Lipinski definition) is 1. The zero-order chi connectivity index (χ0) is 13.0. The van der Waals surface area contributed by atoms with E-state index in [-0.39, 0.29) is 0 Å². The van der Waals surface area contributed by atoms with E-state index in [1.807, 2.05) is 38.1 Å². The maximum Gasteiger partial charge on any atom is 0.0528 e. The van der Waals surface area contributed by atoms with Crippen LogP contribution < -0.4 is 5.73 Å². The lowest BCUT2D eigenvalue weighted by Gasteiger charge is -2.05. The molecule has 0 aliphatic carbocycles. The second-order valence-electron chi connectivity index (χ2n) is 3.84. The van der Waals surface area contributed by atoms with E-state index >= 15 is 0 Å². The van der Waals surface area contributed by atoms with Crippen LogP contribution in [0.15, 0.2) is 60.8 Å². The Labute approximate surface area is 108 Å². The summed E-state index contributed by atoms with van der Waals surface area (Å²) < 4.78 is 2.16. The Morgan fingerprint density at radius 1 is 0.833 bits per heavy atom. The molecule has 0 aliphatic rings. The number of para-hydroxylation sites is 1. The lowest BCUT2D eigenvalue weighted by atomic mass is 10.2. The van der Waals surface area contributed by atoms with Crippen LogP contribution in [0.3, 0.4) is 0 Å². The number of hydrogen-bond donors (Lipinski definition) is 1. The maximum absolute atomic E-state index is 5.68. The van der Waals surface area contributed by atoms with Gasteiger partial charge in [0.25, 0.3) is 0 Å². The van der Waals surface area contributed by atoms with Gasteiger partial charge in [-0.05, 0) is 41.8 Å². The molecule has 0 fully saturated rings. The van der Waals surface area contributed by atoms with Crippen LogP contribution in [0.4, 0.5) is 5.69 Å². The lowest BCUT2D eigenvalue weighted by molar-refractivity contribution is 1.13. The van der Waals surface area contributed by atoms with Gasteiger partial charge in [0, 0.05) is 17.6 Å². The zero-order valence-electron chi connectivity index (χ0n) is 10.8. The van der Waals surface area contributed by atoms with Crippen molar-refractivity contribution in [2.24, 2.45) is 0 Å². The standard InChI is InChI=1S/C14H12N2.C2H6/c15-12-5-7-13(8-6-12)16-10-9-11-3-1-2-4-14(11)16;1-2/h1-10H,15H2;1-2H3. The van der Waals surface area contributed by atoms with Gasteiger partial charge in [-0.3, -0.25) is 0 Å². The van der Waals surface area contributed by atoms with Crippen LogP contribution in [-0.4, -0.2) is 4.57 Å². The largest absolute Gasteiger partial charge is 0.399 e. The van der Waals surface area contributed by atoms with E-state index < -0.39 is 0 Å². The summed E-state index contributed by atoms with van der Waals surface area (Å²) in [6, 6.07) is 18.4. The minimum Gasteiger partial charge on any atom is -0.399 e. The van der Waals surface area contributed by atoms with Gasteiger partial charge in [-0.2, -0.15) is 0 Å². The molecular weight excluding hydrogens is 220 g/mol. The number of fused-ring (bicyclic) bond motifs is 1. The van der Waals surface area contributed by atoms with E-state index in [0.717, 1.165) is 11.4 Å². The van der Waals surface area contributed by atoms with Crippen molar-refractivity contribution in [2.45, 2.75) is 13.8 Å². The topological polar surface area (TPSA) is 30.9 Å². The Balaban J connectivity index is 0.000000574. The predicted molar refractivity (Wildman–Crippen MR) is 79.0 cm³/mol. The summed E-state index contributed by atoms with van der Waals surface area (Å²) in [5, 5.41) is 1.25. The van der Waals surface area contributed by atoms with Crippen molar-refractivity contribution in [3.63, 3.8) is 0 Å². The highest BCUT2D eigenvalue weighted by Crippen LogP contribution is 2.20. The predicted octanol–water partition coefficient (Wildman–Crippen LogP) is 4.24. The molecule has 0 saturated carbocycles. The quantitative estimate of drug-likeness (QED) is 0.632. The molecule has 0 spiro atoms. The van der Waals surface area contributed by atoms with Crippen molar-refractivity contribution in [3.8, 4) is 5.69 Å². The van der Waals surface area contributed by atoms with Crippen LogP contribution in [0.1, 0.15) is 13.8 Å². The second kappa shape index (κ2) is 5.41. The Bertz CT molecular complexity index is 621. The highest BCUT2D eigenvalue weighted by molar-refractivity contribution is 5.81. The molecule has 3 aromatic rings. The van der Waals surface area contributed by atoms with Crippen molar-refractivity contribution in [2.75, 3.05) is 5.73 Å². The third kappa shape index (κ3) is 2.23. The SMILES string of the molecule is CC.Nc1ccc(-n2ccc3ccccc32)cc1. The first kappa shape index (κ1) is 12.2. The molecule has 0 aliphatic heterocycles. The zero-order valence-corrected chi connectivity index (χ0v) is 10.8. The van der Waals surface area contributed by atoms with Gasteiger partial charge in [0.05, 0.1) is 5.52 Å². The van der Waals surface area contributed by atoms with Gasteiger partial charge in [-0.1, -0.05) is 32.0 Å². The van der Waals surface area contributed by atoms with Crippen LogP contribution in [0.2, 0.25) is 0 Å². The molecule has 0 atom stereocenters. The minimum atomic E-state index is 0.792. The van der Waals surface area contributed by atoms with E-state index in [1.54, 1.807) is 0 Å². The molecule has 92 valence electrons. The summed E-state index contributed by atoms with van der Waals surface area (Å²) in [6.07, 6.45) is 2.08. The molecule has 2 N–H and O–H groups in total. The number of benzene rings is 2. The van der Waals surface area contributed by atoms with E-state index in [0.29, 0.717) is 0 Å². The fourth-order valence-corrected chi connectivity index (χ4v) is 1.94. The maximum atomic E-state index is 5.68. The summed E-state index contributed by atoms with van der Waals surface area (Å²) in [5.41, 5.74) is 8.83. The molecule has 1 aromatic heterocycles. The summed E-state index contributed by atoms with van der Waals surface area (Å²) in [7, 11) is 0. The van der Waals surface area contributed by atoms with Crippen molar-refractivity contribution < 1.29 is 0 Å². The summed E-state index contributed by atoms with van der Waals surface area (Å²) in [4.78, 5) is 0. The number of aromatic nitrogens is 1. The molecule has 3 rings (SSSR count). The first-order chi connectivity index (χ1) is 8.84. The average Bonchev–Trinajstić information content (AvgIpc) is 2.86. The van der Waals surface area contributed by atoms with Crippen LogP contribution in [0.25, 0.3) is 16.6 Å². The molecule has 2 aromatic carbocycles. The van der Waals surface area contributed by atoms with E-state index in [1.165, 1.54) is 10.9 Å². The van der Waals surface area contributed by atoms with Crippen molar-refractivity contribution in [3.05, 3.63) is 60.8 Å². The van der Waals surface area contributed by atoms with Gasteiger partial charge >= 0.3 is 0 Å². The number of rotatable bonds is 1. The molecule has 0 saturated heterocycles. The van der Waals surface area contributed by atoms with Crippen molar-refractivity contribution in [1.82, 2.24) is 4.57 Å². The molecule has 18 heavy (non-hydrogen) atoms. The molecular formula is C16H18N2. The Kier molecular flexibility index (Phi) is 3.68. The monoisotopic (exact) mass is 238 g/mol. The first-order valence-electron chi connectivity index (χ1n) is 6.26. The fourth-order valence-electron chi connectivity index (χ4n) is 1.94. The van der Waals surface area contributed by atoms with Crippen molar-refractivity contribution >= 4 is 16.6 Å². The van der Waals surface area contributed by atoms with E-state index in [9.17, 15) is 0 Å². The van der Waals surface area contributed by atoms with Gasteiger partial charge in [0.2, 0.25) is 0 Å². The Morgan fingerprint density at radius 3 is 2.22 bits per heavy atom. The molecule has 1 heterocycles. The van der Waals surface area contributed by atoms with Crippen molar-refractivity contribution in [1.29, 1.82) is 0 Å². The van der Waals surface area contributed by atoms with Crippen LogP contribution in [-0.2, 0) is 0 Å². The molecule has 0 bridgehead atoms. The number of nitrogens with zero attached hydrogens (tertiary/aromatic N) is 1. The van der Waals surface area contributed by atoms with Gasteiger partial charge < -0.3 is 10.3 Å². The fraction of sp³-hybridized carbons (Fsp3) is 0.125. The average molecular weight is 238 g/mol. The number of nitrogens with two attached hydrogens (primary N) is 1. The summed E-state index contributed by atoms with van der Waals surface area (Å²) >= 11 is 0. The third-order valence-corrected chi connectivity index (χ3v) is 2.77. The van der Waals surface area contributed by atoms with E-state index in [4.69, 9.17) is 5.73 Å². The molecule has 0 unspecified atom stereocenters. The summed E-state index contributed by atoms with van der Waals surface area (Å²) in [6.45, 7) is 4.00. The highest BCUT2D eigenvalue weighted by atomic mass is 15.0. The molecule has 2 nitrogen and oxygen atoms in total. The number of anilines is 1. The minimum absolute atomic E-state index is 0.792. The summed E-state index contributed by atoms with van der Waals surface area (Å²) in [5.74, 6) is 0. The Hall–Kier alpha value is -2.22. The van der Waals surface area contributed by atoms with Crippen LogP contribution in [0.5, 0.6) is 0 Å². The second-order valence-corrected chi connectivity index (χ2v) is 3.84. The van der Waals surface area contributed by atoms with Crippen LogP contribution >= 0.6 is 0 Å². The van der Waals surface area contributed by atoms with Gasteiger partial charge in [0.15, 0.2) is 0 Å². The molecule has 0 radical (unpaired) electrons. The van der Waals surface area contributed by atoms with Gasteiger partial charge in [-0.15, -0.1) is 0 Å². The smallest absolute Gasteiger partial charge is 0.0528 e. The highest BCUT2D eigenvalue weighted by Gasteiger charge is 2.01. The van der Waals surface area contributed by atoms with Gasteiger partial charge in [0.1, 0.15) is 0 Å². The molecule has 0 amide bonds. The lowest BCUT2D eigenvalue weighted by Crippen LogP contribution is -1.92. The molecule has 2 heteroatoms.